The van der Waals surface area contributed by atoms with Crippen molar-refractivity contribution < 1.29 is 13.3 Å². The van der Waals surface area contributed by atoms with Gasteiger partial charge in [0.1, 0.15) is 0 Å². The van der Waals surface area contributed by atoms with Crippen molar-refractivity contribution in [3.05, 3.63) is 62.6 Å². The third kappa shape index (κ3) is 5.51. The molecule has 0 bridgehead atoms. The second kappa shape index (κ2) is 7.93. The Morgan fingerprint density at radius 2 is 1.76 bits per heavy atom. The first kappa shape index (κ1) is 19.3. The van der Waals surface area contributed by atoms with E-state index in [9.17, 15) is 18.5 Å². The van der Waals surface area contributed by atoms with Crippen LogP contribution in [0.25, 0.3) is 0 Å². The highest BCUT2D eigenvalue weighted by atomic mass is 35.5. The van der Waals surface area contributed by atoms with E-state index in [1.165, 1.54) is 36.4 Å². The monoisotopic (exact) mass is 420 g/mol. The van der Waals surface area contributed by atoms with Crippen LogP contribution in [0.2, 0.25) is 10.0 Å². The lowest BCUT2D eigenvalue weighted by Crippen LogP contribution is -2.43. The van der Waals surface area contributed by atoms with Crippen LogP contribution in [0.4, 0.5) is 11.4 Å². The van der Waals surface area contributed by atoms with Crippen molar-refractivity contribution in [1.29, 1.82) is 0 Å². The molecule has 0 aliphatic heterocycles. The predicted molar refractivity (Wildman–Crippen MR) is 99.2 cm³/mol. The van der Waals surface area contributed by atoms with E-state index in [0.717, 1.165) is 6.07 Å². The van der Waals surface area contributed by atoms with E-state index in [4.69, 9.17) is 35.4 Å². The van der Waals surface area contributed by atoms with Gasteiger partial charge >= 0.3 is 0 Å². The molecule has 0 amide bonds. The summed E-state index contributed by atoms with van der Waals surface area (Å²) in [5.41, 5.74) is 2.38. The number of benzene rings is 2. The van der Waals surface area contributed by atoms with Gasteiger partial charge in [0, 0.05) is 27.9 Å². The molecule has 132 valence electrons. The van der Waals surface area contributed by atoms with Crippen molar-refractivity contribution in [3.63, 3.8) is 0 Å². The lowest BCUT2D eigenvalue weighted by molar-refractivity contribution is -0.385. The predicted octanol–water partition coefficient (Wildman–Crippen LogP) is 3.08. The first-order chi connectivity index (χ1) is 11.7. The summed E-state index contributed by atoms with van der Waals surface area (Å²) in [6.45, 7) is 0. The third-order valence-electron chi connectivity index (χ3n) is 2.76. The second-order valence-electron chi connectivity index (χ2n) is 4.60. The minimum absolute atomic E-state index is 0.0765. The molecular weight excluding hydrogens is 411 g/mol. The molecule has 3 N–H and O–H groups in total. The maximum absolute atomic E-state index is 12.1. The molecule has 0 spiro atoms. The lowest BCUT2D eigenvalue weighted by Gasteiger charge is -2.12. The smallest absolute Gasteiger partial charge is 0.270 e. The summed E-state index contributed by atoms with van der Waals surface area (Å²) in [5, 5.41) is 14.1. The summed E-state index contributed by atoms with van der Waals surface area (Å²) in [6, 6.07) is 9.18. The van der Waals surface area contributed by atoms with Crippen LogP contribution in [0.5, 0.6) is 0 Å². The summed E-state index contributed by atoms with van der Waals surface area (Å²) >= 11 is 16.7. The largest absolute Gasteiger partial charge is 0.332 e. The van der Waals surface area contributed by atoms with Gasteiger partial charge in [-0.2, -0.15) is 0 Å². The highest BCUT2D eigenvalue weighted by Gasteiger charge is 2.17. The Hall–Kier alpha value is -1.98. The second-order valence-corrected chi connectivity index (χ2v) is 7.56. The summed E-state index contributed by atoms with van der Waals surface area (Å²) < 4.78 is 24.3. The van der Waals surface area contributed by atoms with E-state index in [2.05, 4.69) is 10.7 Å². The van der Waals surface area contributed by atoms with Crippen molar-refractivity contribution in [2.45, 2.75) is 4.90 Å². The molecule has 0 aliphatic rings. The van der Waals surface area contributed by atoms with Crippen LogP contribution in [0.1, 0.15) is 0 Å². The maximum atomic E-state index is 12.1. The van der Waals surface area contributed by atoms with E-state index >= 15 is 0 Å². The van der Waals surface area contributed by atoms with E-state index in [1.54, 1.807) is 0 Å². The summed E-state index contributed by atoms with van der Waals surface area (Å²) in [5.74, 6) is 0. The van der Waals surface area contributed by atoms with Gasteiger partial charge in [0.25, 0.3) is 15.7 Å². The molecule has 12 heteroatoms. The van der Waals surface area contributed by atoms with Gasteiger partial charge in [0.05, 0.1) is 9.82 Å². The first-order valence-corrected chi connectivity index (χ1v) is 9.11. The number of anilines is 1. The lowest BCUT2D eigenvalue weighted by atomic mass is 10.3. The molecule has 2 aromatic rings. The van der Waals surface area contributed by atoms with E-state index < -0.39 is 14.9 Å². The number of thiocarbonyl (C=S) groups is 1. The van der Waals surface area contributed by atoms with Crippen molar-refractivity contribution in [1.82, 2.24) is 10.3 Å². The van der Waals surface area contributed by atoms with Crippen LogP contribution in [-0.2, 0) is 10.0 Å². The van der Waals surface area contributed by atoms with Gasteiger partial charge in [-0.15, -0.1) is 4.83 Å². The minimum Gasteiger partial charge on any atom is -0.332 e. The molecule has 0 radical (unpaired) electrons. The number of nitrogens with zero attached hydrogens (tertiary/aromatic N) is 1. The van der Waals surface area contributed by atoms with Crippen LogP contribution in [0.15, 0.2) is 47.4 Å². The summed E-state index contributed by atoms with van der Waals surface area (Å²) in [6.07, 6.45) is 0. The van der Waals surface area contributed by atoms with Crippen LogP contribution >= 0.6 is 35.4 Å². The van der Waals surface area contributed by atoms with Crippen LogP contribution in [0.3, 0.4) is 0 Å². The molecule has 0 fully saturated rings. The maximum Gasteiger partial charge on any atom is 0.270 e. The Kier molecular flexibility index (Phi) is 6.14. The fraction of sp³-hybridized carbons (Fsp3) is 0. The number of nitrogens with one attached hydrogen (secondary N) is 3. The molecule has 8 nitrogen and oxygen atoms in total. The van der Waals surface area contributed by atoms with Crippen LogP contribution < -0.4 is 15.6 Å². The van der Waals surface area contributed by atoms with Crippen LogP contribution in [0, 0.1) is 10.1 Å². The molecule has 0 heterocycles. The normalized spacial score (nSPS) is 11.0. The standard InChI is InChI=1S/C13H10Cl2N4O4S2/c14-8-4-9(15)6-10(5-8)16-13(24)17-18-25(22,23)12-3-1-2-11(7-12)19(20)21/h1-7,18H,(H2,16,17,24). The number of non-ortho nitro benzene ring substituents is 1. The van der Waals surface area contributed by atoms with Gasteiger partial charge < -0.3 is 5.32 Å². The highest BCUT2D eigenvalue weighted by Crippen LogP contribution is 2.22. The molecule has 0 unspecified atom stereocenters. The van der Waals surface area contributed by atoms with E-state index in [-0.39, 0.29) is 15.7 Å². The molecule has 0 aliphatic carbocycles. The van der Waals surface area contributed by atoms with E-state index in [1.807, 2.05) is 4.83 Å². The molecule has 2 aromatic carbocycles. The molecule has 0 aromatic heterocycles. The number of rotatable bonds is 5. The Morgan fingerprint density at radius 1 is 1.12 bits per heavy atom. The zero-order chi connectivity index (χ0) is 18.6. The molecule has 0 saturated carbocycles. The number of nitro benzene ring substituents is 1. The number of nitro groups is 1. The zero-order valence-electron chi connectivity index (χ0n) is 12.2. The Labute approximate surface area is 158 Å². The van der Waals surface area contributed by atoms with Gasteiger partial charge in [-0.1, -0.05) is 29.3 Å². The number of halogens is 2. The van der Waals surface area contributed by atoms with Crippen molar-refractivity contribution in [2.75, 3.05) is 5.32 Å². The SMILES string of the molecule is O=[N+]([O-])c1cccc(S(=O)(=O)NNC(=S)Nc2cc(Cl)cc(Cl)c2)c1. The van der Waals surface area contributed by atoms with Crippen molar-refractivity contribution in [3.8, 4) is 0 Å². The molecule has 2 rings (SSSR count). The average Bonchev–Trinajstić information content (AvgIpc) is 2.52. The Balaban J connectivity index is 2.05. The van der Waals surface area contributed by atoms with Gasteiger partial charge in [0.2, 0.25) is 0 Å². The zero-order valence-corrected chi connectivity index (χ0v) is 15.3. The first-order valence-electron chi connectivity index (χ1n) is 6.47. The average molecular weight is 421 g/mol. The molecule has 0 atom stereocenters. The molecular formula is C13H10Cl2N4O4S2. The fourth-order valence-electron chi connectivity index (χ4n) is 1.73. The quantitative estimate of drug-likeness (QED) is 0.386. The highest BCUT2D eigenvalue weighted by molar-refractivity contribution is 7.89. The van der Waals surface area contributed by atoms with Gasteiger partial charge in [0.15, 0.2) is 5.11 Å². The van der Waals surface area contributed by atoms with Crippen molar-refractivity contribution >= 4 is 61.9 Å². The fourth-order valence-corrected chi connectivity index (χ4v) is 3.37. The van der Waals surface area contributed by atoms with Crippen molar-refractivity contribution in [2.24, 2.45) is 0 Å². The van der Waals surface area contributed by atoms with Gasteiger partial charge in [-0.25, -0.2) is 8.42 Å². The van der Waals surface area contributed by atoms with Gasteiger partial charge in [-0.05, 0) is 36.5 Å². The van der Waals surface area contributed by atoms with Crippen LogP contribution in [-0.4, -0.2) is 18.5 Å². The topological polar surface area (TPSA) is 113 Å². The summed E-state index contributed by atoms with van der Waals surface area (Å²) in [7, 11) is -4.07. The summed E-state index contributed by atoms with van der Waals surface area (Å²) in [4.78, 5) is 11.8. The Morgan fingerprint density at radius 3 is 2.36 bits per heavy atom. The number of hydrogen-bond donors (Lipinski definition) is 3. The number of sulfonamides is 1. The number of hydrogen-bond acceptors (Lipinski definition) is 5. The molecule has 25 heavy (non-hydrogen) atoms. The third-order valence-corrected chi connectivity index (χ3v) is 4.64. The van der Waals surface area contributed by atoms with Gasteiger partial charge in [-0.3, -0.25) is 15.5 Å². The molecule has 0 saturated heterocycles. The number of hydrazine groups is 1. The Bertz CT molecular complexity index is 917. The van der Waals surface area contributed by atoms with E-state index in [0.29, 0.717) is 15.7 Å². The minimum atomic E-state index is -4.07.